The predicted octanol–water partition coefficient (Wildman–Crippen LogP) is 1.64. The SMILES string of the molecule is CCc1cc(C(C)=O)c(C)nc1C.O. The first kappa shape index (κ1) is 12.8. The van der Waals surface area contributed by atoms with E-state index in [0.29, 0.717) is 0 Å². The van der Waals surface area contributed by atoms with Crippen molar-refractivity contribution in [2.75, 3.05) is 0 Å². The van der Waals surface area contributed by atoms with Gasteiger partial charge in [-0.15, -0.1) is 0 Å². The molecule has 1 rings (SSSR count). The van der Waals surface area contributed by atoms with Gasteiger partial charge in [-0.2, -0.15) is 0 Å². The molecule has 0 aromatic carbocycles. The summed E-state index contributed by atoms with van der Waals surface area (Å²) in [6, 6.07) is 1.96. The standard InChI is InChI=1S/C11H15NO.H2O/c1-5-10-6-11(9(4)13)8(3)12-7(10)2;/h6H,5H2,1-4H3;1H2. The van der Waals surface area contributed by atoms with Crippen LogP contribution in [0.2, 0.25) is 0 Å². The van der Waals surface area contributed by atoms with Gasteiger partial charge in [0.2, 0.25) is 0 Å². The van der Waals surface area contributed by atoms with Crippen molar-refractivity contribution in [3.63, 3.8) is 0 Å². The van der Waals surface area contributed by atoms with Crippen LogP contribution < -0.4 is 0 Å². The van der Waals surface area contributed by atoms with Crippen LogP contribution in [0.1, 0.15) is 41.2 Å². The lowest BCUT2D eigenvalue weighted by Gasteiger charge is -2.07. The molecule has 0 aliphatic carbocycles. The molecule has 0 amide bonds. The Hall–Kier alpha value is -1.22. The third-order valence-electron chi connectivity index (χ3n) is 2.27. The van der Waals surface area contributed by atoms with E-state index in [1.165, 1.54) is 0 Å². The van der Waals surface area contributed by atoms with Gasteiger partial charge in [-0.05, 0) is 38.8 Å². The Labute approximate surface area is 84.5 Å². The highest BCUT2D eigenvalue weighted by atomic mass is 16.1. The smallest absolute Gasteiger partial charge is 0.161 e. The Morgan fingerprint density at radius 3 is 2.36 bits per heavy atom. The van der Waals surface area contributed by atoms with Crippen molar-refractivity contribution in [2.24, 2.45) is 0 Å². The molecule has 3 heteroatoms. The van der Waals surface area contributed by atoms with Crippen LogP contribution >= 0.6 is 0 Å². The Morgan fingerprint density at radius 2 is 1.93 bits per heavy atom. The zero-order valence-electron chi connectivity index (χ0n) is 9.14. The molecule has 0 saturated heterocycles. The quantitative estimate of drug-likeness (QED) is 0.673. The first-order chi connectivity index (χ1) is 6.06. The summed E-state index contributed by atoms with van der Waals surface area (Å²) in [6.07, 6.45) is 0.930. The molecule has 0 atom stereocenters. The maximum absolute atomic E-state index is 11.2. The fourth-order valence-corrected chi connectivity index (χ4v) is 1.48. The summed E-state index contributed by atoms with van der Waals surface area (Å²) >= 11 is 0. The Kier molecular flexibility index (Phi) is 4.44. The highest BCUT2D eigenvalue weighted by Crippen LogP contribution is 2.13. The van der Waals surface area contributed by atoms with Crippen LogP contribution in [0, 0.1) is 13.8 Å². The molecule has 0 fully saturated rings. The van der Waals surface area contributed by atoms with Gasteiger partial charge in [0.25, 0.3) is 0 Å². The summed E-state index contributed by atoms with van der Waals surface area (Å²) in [5, 5.41) is 0. The second-order valence-corrected chi connectivity index (χ2v) is 3.28. The monoisotopic (exact) mass is 195 g/mol. The van der Waals surface area contributed by atoms with Gasteiger partial charge >= 0.3 is 0 Å². The van der Waals surface area contributed by atoms with Gasteiger partial charge in [-0.3, -0.25) is 9.78 Å². The highest BCUT2D eigenvalue weighted by Gasteiger charge is 2.07. The summed E-state index contributed by atoms with van der Waals surface area (Å²) in [6.45, 7) is 7.51. The van der Waals surface area contributed by atoms with Crippen molar-refractivity contribution >= 4 is 5.78 Å². The lowest BCUT2D eigenvalue weighted by Crippen LogP contribution is -2.03. The van der Waals surface area contributed by atoms with Gasteiger partial charge < -0.3 is 5.48 Å². The molecule has 0 bridgehead atoms. The third kappa shape index (κ3) is 2.39. The second kappa shape index (κ2) is 4.86. The molecule has 3 nitrogen and oxygen atoms in total. The first-order valence-electron chi connectivity index (χ1n) is 4.54. The van der Waals surface area contributed by atoms with Gasteiger partial charge in [0.15, 0.2) is 5.78 Å². The molecule has 0 unspecified atom stereocenters. The minimum Gasteiger partial charge on any atom is -0.412 e. The molecule has 2 N–H and O–H groups in total. The zero-order chi connectivity index (χ0) is 10.0. The van der Waals surface area contributed by atoms with Crippen LogP contribution in [-0.4, -0.2) is 16.2 Å². The zero-order valence-corrected chi connectivity index (χ0v) is 9.14. The minimum absolute atomic E-state index is 0. The molecule has 0 aliphatic heterocycles. The fraction of sp³-hybridized carbons (Fsp3) is 0.455. The molecule has 1 aromatic heterocycles. The van der Waals surface area contributed by atoms with E-state index in [1.807, 2.05) is 19.9 Å². The van der Waals surface area contributed by atoms with Crippen molar-refractivity contribution in [3.05, 3.63) is 28.6 Å². The summed E-state index contributed by atoms with van der Waals surface area (Å²) < 4.78 is 0. The van der Waals surface area contributed by atoms with E-state index in [0.717, 1.165) is 28.9 Å². The van der Waals surface area contributed by atoms with E-state index in [1.54, 1.807) is 6.92 Å². The number of Topliss-reactive ketones (excluding diaryl/α,β-unsaturated/α-hetero) is 1. The molecule has 1 aromatic rings. The number of nitrogens with zero attached hydrogens (tertiary/aromatic N) is 1. The van der Waals surface area contributed by atoms with E-state index in [-0.39, 0.29) is 11.3 Å². The van der Waals surface area contributed by atoms with Crippen molar-refractivity contribution in [1.82, 2.24) is 4.98 Å². The molecule has 0 saturated carbocycles. The normalized spacial score (nSPS) is 9.43. The number of hydrogen-bond donors (Lipinski definition) is 0. The van der Waals surface area contributed by atoms with E-state index in [2.05, 4.69) is 11.9 Å². The molecule has 14 heavy (non-hydrogen) atoms. The average Bonchev–Trinajstić information content (AvgIpc) is 2.03. The largest absolute Gasteiger partial charge is 0.412 e. The average molecular weight is 195 g/mol. The Balaban J connectivity index is 0.00000169. The van der Waals surface area contributed by atoms with Crippen LogP contribution in [0.15, 0.2) is 6.07 Å². The Bertz CT molecular complexity index is 345. The van der Waals surface area contributed by atoms with Crippen LogP contribution in [0.25, 0.3) is 0 Å². The molecular weight excluding hydrogens is 178 g/mol. The van der Waals surface area contributed by atoms with Gasteiger partial charge in [0.05, 0.1) is 0 Å². The molecule has 1 heterocycles. The maximum atomic E-state index is 11.2. The van der Waals surface area contributed by atoms with Crippen LogP contribution in [-0.2, 0) is 6.42 Å². The number of pyridine rings is 1. The van der Waals surface area contributed by atoms with E-state index in [9.17, 15) is 4.79 Å². The van der Waals surface area contributed by atoms with Crippen molar-refractivity contribution < 1.29 is 10.3 Å². The van der Waals surface area contributed by atoms with Crippen molar-refractivity contribution in [1.29, 1.82) is 0 Å². The van der Waals surface area contributed by atoms with Gasteiger partial charge in [0, 0.05) is 17.0 Å². The molecule has 78 valence electrons. The van der Waals surface area contributed by atoms with Crippen molar-refractivity contribution in [2.45, 2.75) is 34.1 Å². The lowest BCUT2D eigenvalue weighted by molar-refractivity contribution is 0.101. The number of aryl methyl sites for hydroxylation is 3. The first-order valence-corrected chi connectivity index (χ1v) is 4.54. The number of hydrogen-bond acceptors (Lipinski definition) is 2. The number of aromatic nitrogens is 1. The minimum atomic E-state index is 0. The topological polar surface area (TPSA) is 61.5 Å². The van der Waals surface area contributed by atoms with Gasteiger partial charge in [-0.1, -0.05) is 6.92 Å². The summed E-state index contributed by atoms with van der Waals surface area (Å²) in [5.74, 6) is 0.0969. The number of rotatable bonds is 2. The highest BCUT2D eigenvalue weighted by molar-refractivity contribution is 5.95. The number of carbonyl (C=O) groups is 1. The van der Waals surface area contributed by atoms with E-state index < -0.39 is 0 Å². The lowest BCUT2D eigenvalue weighted by atomic mass is 10.0. The summed E-state index contributed by atoms with van der Waals surface area (Å²) in [7, 11) is 0. The van der Waals surface area contributed by atoms with Gasteiger partial charge in [0.1, 0.15) is 0 Å². The Morgan fingerprint density at radius 1 is 1.36 bits per heavy atom. The molecule has 0 aliphatic rings. The van der Waals surface area contributed by atoms with Gasteiger partial charge in [-0.25, -0.2) is 0 Å². The number of ketones is 1. The van der Waals surface area contributed by atoms with Crippen molar-refractivity contribution in [3.8, 4) is 0 Å². The van der Waals surface area contributed by atoms with E-state index in [4.69, 9.17) is 0 Å². The predicted molar refractivity (Wildman–Crippen MR) is 56.7 cm³/mol. The molecular formula is C11H17NO2. The number of carbonyl (C=O) groups excluding carboxylic acids is 1. The second-order valence-electron chi connectivity index (χ2n) is 3.28. The molecule has 0 spiro atoms. The summed E-state index contributed by atoms with van der Waals surface area (Å²) in [4.78, 5) is 15.6. The molecule has 0 radical (unpaired) electrons. The summed E-state index contributed by atoms with van der Waals surface area (Å²) in [5.41, 5.74) is 3.78. The third-order valence-corrected chi connectivity index (χ3v) is 2.27. The van der Waals surface area contributed by atoms with Crippen LogP contribution in [0.5, 0.6) is 0 Å². The maximum Gasteiger partial charge on any atom is 0.161 e. The fourth-order valence-electron chi connectivity index (χ4n) is 1.48. The van der Waals surface area contributed by atoms with Crippen LogP contribution in [0.4, 0.5) is 0 Å². The van der Waals surface area contributed by atoms with E-state index >= 15 is 0 Å². The van der Waals surface area contributed by atoms with Crippen LogP contribution in [0.3, 0.4) is 0 Å².